The molecule has 0 amide bonds. The summed E-state index contributed by atoms with van der Waals surface area (Å²) in [6.07, 6.45) is 1.90. The molecule has 0 radical (unpaired) electrons. The monoisotopic (exact) mass is 294 g/mol. The summed E-state index contributed by atoms with van der Waals surface area (Å²) >= 11 is 6.16. The quantitative estimate of drug-likeness (QED) is 0.856. The first-order valence-electron chi connectivity index (χ1n) is 6.41. The van der Waals surface area contributed by atoms with Crippen LogP contribution in [0, 0.1) is 0 Å². The molecule has 1 aromatic heterocycles. The fourth-order valence-electron chi connectivity index (χ4n) is 2.09. The topological polar surface area (TPSA) is 67.2 Å². The molecule has 0 unspecified atom stereocenters. The van der Waals surface area contributed by atoms with Crippen molar-refractivity contribution in [1.82, 2.24) is 15.1 Å². The van der Waals surface area contributed by atoms with Crippen molar-refractivity contribution in [3.8, 4) is 17.0 Å². The van der Waals surface area contributed by atoms with Gasteiger partial charge < -0.3 is 15.4 Å². The molecule has 108 valence electrons. The van der Waals surface area contributed by atoms with E-state index in [0.717, 1.165) is 29.9 Å². The van der Waals surface area contributed by atoms with E-state index in [9.17, 15) is 0 Å². The van der Waals surface area contributed by atoms with Crippen LogP contribution in [0.2, 0.25) is 5.02 Å². The van der Waals surface area contributed by atoms with Gasteiger partial charge in [0.15, 0.2) is 0 Å². The Morgan fingerprint density at radius 3 is 2.90 bits per heavy atom. The van der Waals surface area contributed by atoms with Crippen LogP contribution in [0.1, 0.15) is 5.56 Å². The molecule has 0 spiro atoms. The average molecular weight is 295 g/mol. The van der Waals surface area contributed by atoms with Gasteiger partial charge in [0, 0.05) is 37.0 Å². The Morgan fingerprint density at radius 1 is 1.45 bits per heavy atom. The fraction of sp³-hybridized carbons (Fsp3) is 0.357. The zero-order valence-electron chi connectivity index (χ0n) is 11.7. The zero-order valence-corrected chi connectivity index (χ0v) is 12.4. The lowest BCUT2D eigenvalue weighted by atomic mass is 10.1. The Morgan fingerprint density at radius 2 is 2.25 bits per heavy atom. The number of nitrogens with one attached hydrogen (secondary N) is 1. The second-order valence-corrected chi connectivity index (χ2v) is 5.04. The van der Waals surface area contributed by atoms with Gasteiger partial charge in [-0.2, -0.15) is 5.10 Å². The summed E-state index contributed by atoms with van der Waals surface area (Å²) in [6.45, 7) is 2.26. The number of aromatic nitrogens is 2. The van der Waals surface area contributed by atoms with Crippen LogP contribution in [-0.4, -0.2) is 42.3 Å². The molecule has 0 saturated heterocycles. The molecule has 5 nitrogen and oxygen atoms in total. The summed E-state index contributed by atoms with van der Waals surface area (Å²) in [5.41, 5.74) is 8.54. The first-order chi connectivity index (χ1) is 9.65. The highest BCUT2D eigenvalue weighted by Gasteiger charge is 2.12. The molecule has 3 N–H and O–H groups in total. The summed E-state index contributed by atoms with van der Waals surface area (Å²) in [5.74, 6) is 0.660. The summed E-state index contributed by atoms with van der Waals surface area (Å²) in [4.78, 5) is 2.15. The van der Waals surface area contributed by atoms with Crippen molar-refractivity contribution >= 4 is 11.6 Å². The minimum Gasteiger partial charge on any atom is -0.495 e. The average Bonchev–Trinajstić information content (AvgIpc) is 2.87. The third kappa shape index (κ3) is 3.30. The van der Waals surface area contributed by atoms with Crippen molar-refractivity contribution in [2.45, 2.75) is 6.54 Å². The number of benzene rings is 1. The molecule has 6 heteroatoms. The molecule has 0 aliphatic carbocycles. The Balaban J connectivity index is 2.25. The molecule has 0 bridgehead atoms. The lowest BCUT2D eigenvalue weighted by Crippen LogP contribution is -2.25. The van der Waals surface area contributed by atoms with Gasteiger partial charge in [-0.1, -0.05) is 11.6 Å². The van der Waals surface area contributed by atoms with E-state index in [1.165, 1.54) is 0 Å². The molecular formula is C14H19ClN4O. The maximum Gasteiger partial charge on any atom is 0.137 e. The number of halogens is 1. The fourth-order valence-corrected chi connectivity index (χ4v) is 2.35. The van der Waals surface area contributed by atoms with Gasteiger partial charge in [-0.15, -0.1) is 0 Å². The minimum absolute atomic E-state index is 0.578. The number of likely N-dealkylation sites (N-methyl/N-ethyl adjacent to an activating group) is 1. The second kappa shape index (κ2) is 6.74. The van der Waals surface area contributed by atoms with Gasteiger partial charge in [-0.3, -0.25) is 5.10 Å². The van der Waals surface area contributed by atoms with Crippen LogP contribution in [0.25, 0.3) is 11.3 Å². The van der Waals surface area contributed by atoms with E-state index >= 15 is 0 Å². The van der Waals surface area contributed by atoms with Gasteiger partial charge in [0.25, 0.3) is 0 Å². The van der Waals surface area contributed by atoms with Gasteiger partial charge in [0.05, 0.1) is 17.8 Å². The number of nitrogens with two attached hydrogens (primary N) is 1. The van der Waals surface area contributed by atoms with Crippen LogP contribution < -0.4 is 10.5 Å². The number of aromatic amines is 1. The van der Waals surface area contributed by atoms with Crippen LogP contribution in [0.5, 0.6) is 5.75 Å². The second-order valence-electron chi connectivity index (χ2n) is 4.63. The molecule has 0 fully saturated rings. The first-order valence-corrected chi connectivity index (χ1v) is 6.78. The van der Waals surface area contributed by atoms with Gasteiger partial charge >= 0.3 is 0 Å². The largest absolute Gasteiger partial charge is 0.495 e. The number of H-pyrrole nitrogens is 1. The Labute approximate surface area is 123 Å². The lowest BCUT2D eigenvalue weighted by molar-refractivity contribution is 0.337. The smallest absolute Gasteiger partial charge is 0.137 e. The number of methoxy groups -OCH3 is 1. The third-order valence-corrected chi connectivity index (χ3v) is 3.39. The standard InChI is InChI=1S/C14H19ClN4O/c1-19(6-5-16)9-11-8-17-18-14(11)10-3-4-13(20-2)12(15)7-10/h3-4,7-8H,5-6,9,16H2,1-2H3,(H,17,18). The maximum absolute atomic E-state index is 6.16. The molecule has 1 aromatic carbocycles. The Kier molecular flexibility index (Phi) is 5.00. The van der Waals surface area contributed by atoms with Gasteiger partial charge in [0.1, 0.15) is 5.75 Å². The molecule has 0 aliphatic heterocycles. The number of hydrogen-bond acceptors (Lipinski definition) is 4. The zero-order chi connectivity index (χ0) is 14.5. The van der Waals surface area contributed by atoms with E-state index < -0.39 is 0 Å². The van der Waals surface area contributed by atoms with Gasteiger partial charge in [-0.05, 0) is 25.2 Å². The maximum atomic E-state index is 6.16. The van der Waals surface area contributed by atoms with Gasteiger partial charge in [0.2, 0.25) is 0 Å². The van der Waals surface area contributed by atoms with Crippen molar-refractivity contribution < 1.29 is 4.74 Å². The van der Waals surface area contributed by atoms with Crippen molar-refractivity contribution in [3.63, 3.8) is 0 Å². The molecule has 0 saturated carbocycles. The van der Waals surface area contributed by atoms with E-state index in [0.29, 0.717) is 17.3 Å². The normalized spacial score (nSPS) is 11.1. The Bertz CT molecular complexity index is 570. The van der Waals surface area contributed by atoms with E-state index in [1.54, 1.807) is 7.11 Å². The molecular weight excluding hydrogens is 276 g/mol. The lowest BCUT2D eigenvalue weighted by Gasteiger charge is -2.15. The van der Waals surface area contributed by atoms with Gasteiger partial charge in [-0.25, -0.2) is 0 Å². The highest BCUT2D eigenvalue weighted by Crippen LogP contribution is 2.30. The summed E-state index contributed by atoms with van der Waals surface area (Å²) in [5, 5.41) is 7.80. The summed E-state index contributed by atoms with van der Waals surface area (Å²) < 4.78 is 5.16. The molecule has 0 atom stereocenters. The predicted octanol–water partition coefficient (Wildman–Crippen LogP) is 2.13. The number of ether oxygens (including phenoxy) is 1. The highest BCUT2D eigenvalue weighted by atomic mass is 35.5. The van der Waals surface area contributed by atoms with Crippen LogP contribution in [-0.2, 0) is 6.54 Å². The van der Waals surface area contributed by atoms with Crippen LogP contribution in [0.3, 0.4) is 0 Å². The summed E-state index contributed by atoms with van der Waals surface area (Å²) in [6, 6.07) is 5.66. The number of rotatable bonds is 6. The molecule has 1 heterocycles. The van der Waals surface area contributed by atoms with Crippen molar-refractivity contribution in [2.24, 2.45) is 5.73 Å². The summed E-state index contributed by atoms with van der Waals surface area (Å²) in [7, 11) is 3.63. The van der Waals surface area contributed by atoms with Crippen molar-refractivity contribution in [3.05, 3.63) is 35.0 Å². The van der Waals surface area contributed by atoms with Crippen LogP contribution in [0.4, 0.5) is 0 Å². The number of hydrogen-bond donors (Lipinski definition) is 2. The van der Waals surface area contributed by atoms with E-state index in [1.807, 2.05) is 31.4 Å². The predicted molar refractivity (Wildman–Crippen MR) is 81.0 cm³/mol. The van der Waals surface area contributed by atoms with E-state index in [4.69, 9.17) is 22.1 Å². The SMILES string of the molecule is COc1ccc(-c2n[nH]cc2CN(C)CCN)cc1Cl. The van der Waals surface area contributed by atoms with Crippen LogP contribution >= 0.6 is 11.6 Å². The molecule has 0 aliphatic rings. The van der Waals surface area contributed by atoms with Crippen molar-refractivity contribution in [1.29, 1.82) is 0 Å². The molecule has 2 rings (SSSR count). The number of nitrogens with zero attached hydrogens (tertiary/aromatic N) is 2. The van der Waals surface area contributed by atoms with E-state index in [-0.39, 0.29) is 0 Å². The van der Waals surface area contributed by atoms with Crippen molar-refractivity contribution in [2.75, 3.05) is 27.2 Å². The molecule has 2 aromatic rings. The minimum atomic E-state index is 0.578. The van der Waals surface area contributed by atoms with E-state index in [2.05, 4.69) is 15.1 Å². The van der Waals surface area contributed by atoms with Crippen LogP contribution in [0.15, 0.2) is 24.4 Å². The third-order valence-electron chi connectivity index (χ3n) is 3.10. The molecule has 20 heavy (non-hydrogen) atoms. The first kappa shape index (κ1) is 14.8. The Hall–Kier alpha value is -1.56. The highest BCUT2D eigenvalue weighted by molar-refractivity contribution is 6.32.